The Morgan fingerprint density at radius 1 is 0.968 bits per heavy atom. The van der Waals surface area contributed by atoms with Crippen molar-refractivity contribution in [1.29, 1.82) is 0 Å². The molecule has 1 saturated heterocycles. The maximum Gasteiger partial charge on any atom is 0.186 e. The van der Waals surface area contributed by atoms with Crippen LogP contribution in [-0.4, -0.2) is 53.6 Å². The van der Waals surface area contributed by atoms with Crippen molar-refractivity contribution in [2.75, 3.05) is 13.7 Å². The topological polar surface area (TPSA) is 88.4 Å². The molecule has 5 atom stereocenters. The summed E-state index contributed by atoms with van der Waals surface area (Å²) >= 11 is 0. The maximum atomic E-state index is 10.5. The third-order valence-corrected chi connectivity index (χ3v) is 6.36. The van der Waals surface area contributed by atoms with Crippen molar-refractivity contribution in [3.05, 3.63) is 64.2 Å². The molecular formula is C25H32O6. The van der Waals surface area contributed by atoms with Crippen LogP contribution in [0.25, 0.3) is 0 Å². The summed E-state index contributed by atoms with van der Waals surface area (Å²) in [4.78, 5) is 0. The molecule has 2 aromatic rings. The lowest BCUT2D eigenvalue weighted by atomic mass is 9.89. The highest BCUT2D eigenvalue weighted by Gasteiger charge is 2.44. The van der Waals surface area contributed by atoms with Gasteiger partial charge in [-0.25, -0.2) is 0 Å². The van der Waals surface area contributed by atoms with Crippen LogP contribution in [0.5, 0.6) is 5.75 Å². The SMILES string of the molecule is CCc1ccc([C@@H]2O[C@H](OC)[C@@H](O)[C@H](O)[C@H]2O)cc1Cc1ccc2c(c1)CCCCO2. The predicted octanol–water partition coefficient (Wildman–Crippen LogP) is 2.68. The number of aliphatic hydroxyl groups is 3. The summed E-state index contributed by atoms with van der Waals surface area (Å²) in [7, 11) is 1.41. The fourth-order valence-electron chi connectivity index (χ4n) is 4.55. The van der Waals surface area contributed by atoms with Crippen LogP contribution in [0.2, 0.25) is 0 Å². The monoisotopic (exact) mass is 428 g/mol. The van der Waals surface area contributed by atoms with Gasteiger partial charge in [0.05, 0.1) is 6.61 Å². The molecule has 2 aliphatic heterocycles. The van der Waals surface area contributed by atoms with E-state index in [2.05, 4.69) is 25.1 Å². The van der Waals surface area contributed by atoms with Gasteiger partial charge in [-0.2, -0.15) is 0 Å². The van der Waals surface area contributed by atoms with Gasteiger partial charge in [0.15, 0.2) is 6.29 Å². The first-order valence-corrected chi connectivity index (χ1v) is 11.1. The summed E-state index contributed by atoms with van der Waals surface area (Å²) in [6.45, 7) is 2.90. The van der Waals surface area contributed by atoms with Gasteiger partial charge in [0.1, 0.15) is 30.2 Å². The lowest BCUT2D eigenvalue weighted by molar-refractivity contribution is -0.292. The van der Waals surface area contributed by atoms with E-state index in [1.165, 1.54) is 23.8 Å². The van der Waals surface area contributed by atoms with Crippen molar-refractivity contribution in [3.63, 3.8) is 0 Å². The van der Waals surface area contributed by atoms with Crippen LogP contribution >= 0.6 is 0 Å². The quantitative estimate of drug-likeness (QED) is 0.679. The van der Waals surface area contributed by atoms with Crippen LogP contribution in [0, 0.1) is 0 Å². The van der Waals surface area contributed by atoms with Gasteiger partial charge in [0, 0.05) is 7.11 Å². The van der Waals surface area contributed by atoms with Gasteiger partial charge in [-0.3, -0.25) is 0 Å². The average molecular weight is 429 g/mol. The molecule has 0 bridgehead atoms. The summed E-state index contributed by atoms with van der Waals surface area (Å²) in [5.41, 5.74) is 5.61. The molecule has 6 nitrogen and oxygen atoms in total. The van der Waals surface area contributed by atoms with E-state index in [9.17, 15) is 15.3 Å². The standard InChI is InChI=1S/C25H32O6/c1-3-16-8-9-18(24-22(27)21(26)23(28)25(29-2)31-24)14-19(16)13-15-7-10-20-17(12-15)6-4-5-11-30-20/h7-10,12,14,21-28H,3-6,11,13H2,1-2H3/t21-,22-,23+,24+,25+/m1/s1. The molecule has 0 unspecified atom stereocenters. The van der Waals surface area contributed by atoms with Crippen LogP contribution in [0.15, 0.2) is 36.4 Å². The normalized spacial score (nSPS) is 28.5. The molecule has 0 saturated carbocycles. The second-order valence-electron chi connectivity index (χ2n) is 8.44. The van der Waals surface area contributed by atoms with Gasteiger partial charge in [-0.05, 0) is 66.0 Å². The lowest BCUT2D eigenvalue weighted by Gasteiger charge is -2.40. The molecule has 0 spiro atoms. The van der Waals surface area contributed by atoms with E-state index < -0.39 is 30.7 Å². The summed E-state index contributed by atoms with van der Waals surface area (Å²) < 4.78 is 16.8. The first kappa shape index (κ1) is 22.2. The Hall–Kier alpha value is -1.96. The van der Waals surface area contributed by atoms with Crippen molar-refractivity contribution >= 4 is 0 Å². The minimum atomic E-state index is -1.34. The minimum Gasteiger partial charge on any atom is -0.493 e. The Labute approximate surface area is 183 Å². The number of hydrogen-bond acceptors (Lipinski definition) is 6. The number of benzene rings is 2. The molecule has 31 heavy (non-hydrogen) atoms. The largest absolute Gasteiger partial charge is 0.493 e. The van der Waals surface area contributed by atoms with E-state index in [1.807, 2.05) is 18.2 Å². The predicted molar refractivity (Wildman–Crippen MR) is 116 cm³/mol. The fraction of sp³-hybridized carbons (Fsp3) is 0.520. The zero-order valence-corrected chi connectivity index (χ0v) is 18.2. The van der Waals surface area contributed by atoms with Gasteiger partial charge in [0.25, 0.3) is 0 Å². The molecule has 6 heteroatoms. The third kappa shape index (κ3) is 4.64. The zero-order chi connectivity index (χ0) is 22.0. The highest BCUT2D eigenvalue weighted by atomic mass is 16.7. The highest BCUT2D eigenvalue weighted by Crippen LogP contribution is 2.34. The number of rotatable bonds is 5. The van der Waals surface area contributed by atoms with Crippen molar-refractivity contribution < 1.29 is 29.5 Å². The van der Waals surface area contributed by atoms with Crippen LogP contribution in [-0.2, 0) is 28.7 Å². The Bertz CT molecular complexity index is 896. The van der Waals surface area contributed by atoms with E-state index in [4.69, 9.17) is 14.2 Å². The Kier molecular flexibility index (Phi) is 6.94. The highest BCUT2D eigenvalue weighted by molar-refractivity contribution is 5.42. The molecule has 0 aliphatic carbocycles. The molecule has 2 aromatic carbocycles. The van der Waals surface area contributed by atoms with Crippen LogP contribution in [0.3, 0.4) is 0 Å². The number of methoxy groups -OCH3 is 1. The summed E-state index contributed by atoms with van der Waals surface area (Å²) in [5.74, 6) is 0.989. The van der Waals surface area contributed by atoms with Gasteiger partial charge in [-0.1, -0.05) is 37.3 Å². The van der Waals surface area contributed by atoms with Gasteiger partial charge in [0.2, 0.25) is 0 Å². The smallest absolute Gasteiger partial charge is 0.186 e. The molecular weight excluding hydrogens is 396 g/mol. The first-order chi connectivity index (χ1) is 15.0. The van der Waals surface area contributed by atoms with Gasteiger partial charge >= 0.3 is 0 Å². The van der Waals surface area contributed by atoms with E-state index in [0.29, 0.717) is 0 Å². The van der Waals surface area contributed by atoms with E-state index in [1.54, 1.807) is 0 Å². The van der Waals surface area contributed by atoms with Crippen LogP contribution in [0.1, 0.15) is 53.7 Å². The number of aliphatic hydroxyl groups excluding tert-OH is 3. The fourth-order valence-corrected chi connectivity index (χ4v) is 4.55. The molecule has 0 radical (unpaired) electrons. The first-order valence-electron chi connectivity index (χ1n) is 11.1. The second-order valence-corrected chi connectivity index (χ2v) is 8.44. The lowest BCUT2D eigenvalue weighted by Crippen LogP contribution is -2.54. The minimum absolute atomic E-state index is 0.755. The van der Waals surface area contributed by atoms with E-state index in [-0.39, 0.29) is 0 Å². The summed E-state index contributed by atoms with van der Waals surface area (Å²) in [5, 5.41) is 30.8. The number of aryl methyl sites for hydroxylation is 2. The van der Waals surface area contributed by atoms with E-state index >= 15 is 0 Å². The summed E-state index contributed by atoms with van der Waals surface area (Å²) in [6, 6.07) is 12.4. The molecule has 2 heterocycles. The maximum absolute atomic E-state index is 10.5. The molecule has 0 amide bonds. The van der Waals surface area contributed by atoms with Crippen molar-refractivity contribution in [2.45, 2.75) is 69.7 Å². The average Bonchev–Trinajstić information content (AvgIpc) is 3.03. The van der Waals surface area contributed by atoms with Crippen LogP contribution < -0.4 is 4.74 Å². The molecule has 4 rings (SSSR count). The molecule has 1 fully saturated rings. The number of hydrogen-bond donors (Lipinski definition) is 3. The zero-order valence-electron chi connectivity index (χ0n) is 18.2. The Morgan fingerprint density at radius 2 is 1.81 bits per heavy atom. The third-order valence-electron chi connectivity index (χ3n) is 6.36. The molecule has 2 aliphatic rings. The Balaban J connectivity index is 1.62. The van der Waals surface area contributed by atoms with Crippen LogP contribution in [0.4, 0.5) is 0 Å². The van der Waals surface area contributed by atoms with Crippen molar-refractivity contribution in [3.8, 4) is 5.75 Å². The number of ether oxygens (including phenoxy) is 3. The molecule has 168 valence electrons. The van der Waals surface area contributed by atoms with Gasteiger partial charge in [-0.15, -0.1) is 0 Å². The van der Waals surface area contributed by atoms with Gasteiger partial charge < -0.3 is 29.5 Å². The molecule has 3 N–H and O–H groups in total. The van der Waals surface area contributed by atoms with E-state index in [0.717, 1.165) is 55.6 Å². The Morgan fingerprint density at radius 3 is 2.58 bits per heavy atom. The molecule has 0 aromatic heterocycles. The second kappa shape index (κ2) is 9.67. The van der Waals surface area contributed by atoms with Crippen molar-refractivity contribution in [2.24, 2.45) is 0 Å². The van der Waals surface area contributed by atoms with Crippen molar-refractivity contribution in [1.82, 2.24) is 0 Å². The number of fused-ring (bicyclic) bond motifs is 1. The summed E-state index contributed by atoms with van der Waals surface area (Å²) in [6.07, 6.45) is -0.773.